The fraction of sp³-hybridized carbons (Fsp3) is 0.377. The lowest BCUT2D eigenvalue weighted by Crippen LogP contribution is -2.47. The summed E-state index contributed by atoms with van der Waals surface area (Å²) >= 11 is 0. The van der Waals surface area contributed by atoms with Crippen LogP contribution >= 0.6 is 0 Å². The molecule has 0 aromatic carbocycles. The van der Waals surface area contributed by atoms with Crippen molar-refractivity contribution >= 4 is 55.4 Å². The zero-order chi connectivity index (χ0) is 57.0. The highest BCUT2D eigenvalue weighted by Gasteiger charge is 2.30. The van der Waals surface area contributed by atoms with Crippen molar-refractivity contribution in [3.05, 3.63) is 129 Å². The second kappa shape index (κ2) is 22.1. The van der Waals surface area contributed by atoms with Crippen LogP contribution in [0.2, 0.25) is 0 Å². The van der Waals surface area contributed by atoms with Gasteiger partial charge in [-0.25, -0.2) is 19.3 Å². The number of carbonyl (C=O) groups excluding carboxylic acids is 2. The second-order valence-corrected chi connectivity index (χ2v) is 21.6. The number of aryl methyl sites for hydroxylation is 8. The van der Waals surface area contributed by atoms with Crippen LogP contribution in [0.5, 0.6) is 5.75 Å². The molecule has 0 radical (unpaired) electrons. The number of nitrogens with zero attached hydrogens (tertiary/aromatic N) is 15. The van der Waals surface area contributed by atoms with E-state index >= 15 is 0 Å². The Bertz CT molecular complexity index is 4130. The number of ether oxygens (including phenoxy) is 1. The number of amides is 2. The minimum Gasteiger partial charge on any atom is -0.496 e. The largest absolute Gasteiger partial charge is 0.496 e. The van der Waals surface area contributed by atoms with Gasteiger partial charge in [-0.15, -0.1) is 0 Å². The van der Waals surface area contributed by atoms with E-state index in [9.17, 15) is 14.4 Å². The summed E-state index contributed by atoms with van der Waals surface area (Å²) in [6.45, 7) is 18.7. The molecule has 2 aliphatic rings. The van der Waals surface area contributed by atoms with Gasteiger partial charge in [0.05, 0.1) is 75.5 Å². The number of H-pyrrole nitrogens is 1. The number of piperazine rings is 2. The summed E-state index contributed by atoms with van der Waals surface area (Å²) in [6.07, 6.45) is 13.8. The van der Waals surface area contributed by atoms with Gasteiger partial charge < -0.3 is 38.5 Å². The molecule has 0 aliphatic carbocycles. The average Bonchev–Trinajstić information content (AvgIpc) is 4.43. The zero-order valence-electron chi connectivity index (χ0n) is 48.3. The molecular formula is C61H70N16O4. The highest BCUT2D eigenvalue weighted by molar-refractivity contribution is 6.04. The van der Waals surface area contributed by atoms with E-state index in [2.05, 4.69) is 60.7 Å². The van der Waals surface area contributed by atoms with Crippen molar-refractivity contribution in [3.63, 3.8) is 0 Å². The molecular weight excluding hydrogens is 1020 g/mol. The van der Waals surface area contributed by atoms with Crippen LogP contribution in [-0.4, -0.2) is 164 Å². The number of rotatable bonds is 11. The first-order chi connectivity index (χ1) is 39.1. The smallest absolute Gasteiger partial charge is 0.270 e. The number of nitrogens with one attached hydrogen (secondary N) is 1. The number of methoxy groups -OCH3 is 1. The Balaban J connectivity index is 0.000000170. The number of likely N-dealkylation sites (N-methyl/N-ethyl adjacent to an activating group) is 2. The summed E-state index contributed by atoms with van der Waals surface area (Å²) in [5.41, 5.74) is 13.2. The zero-order valence-corrected chi connectivity index (χ0v) is 48.3. The molecule has 0 saturated carbocycles. The van der Waals surface area contributed by atoms with Crippen LogP contribution in [0.25, 0.3) is 77.8 Å². The van der Waals surface area contributed by atoms with Gasteiger partial charge in [0.2, 0.25) is 0 Å². The van der Waals surface area contributed by atoms with E-state index in [-0.39, 0.29) is 17.2 Å². The molecule has 2 aliphatic heterocycles. The minimum absolute atomic E-state index is 0.0669. The van der Waals surface area contributed by atoms with Crippen LogP contribution in [0.1, 0.15) is 81.6 Å². The lowest BCUT2D eigenvalue weighted by Gasteiger charge is -2.32. The molecule has 81 heavy (non-hydrogen) atoms. The molecule has 12 rings (SSSR count). The van der Waals surface area contributed by atoms with Gasteiger partial charge >= 0.3 is 0 Å². The molecule has 0 spiro atoms. The summed E-state index contributed by atoms with van der Waals surface area (Å²) in [5.74, 6) is 2.24. The highest BCUT2D eigenvalue weighted by Crippen LogP contribution is 2.36. The first kappa shape index (κ1) is 54.3. The maximum absolute atomic E-state index is 13.8. The number of aromatic amines is 1. The predicted molar refractivity (Wildman–Crippen MR) is 316 cm³/mol. The minimum atomic E-state index is -0.0994. The lowest BCUT2D eigenvalue weighted by molar-refractivity contribution is 0.0647. The van der Waals surface area contributed by atoms with Crippen molar-refractivity contribution in [1.82, 2.24) is 78.2 Å². The van der Waals surface area contributed by atoms with Crippen molar-refractivity contribution in [2.24, 2.45) is 14.1 Å². The Kier molecular flexibility index (Phi) is 14.9. The van der Waals surface area contributed by atoms with E-state index in [1.807, 2.05) is 93.6 Å². The van der Waals surface area contributed by atoms with E-state index in [0.29, 0.717) is 34.3 Å². The van der Waals surface area contributed by atoms with Gasteiger partial charge in [-0.3, -0.25) is 29.3 Å². The Labute approximate surface area is 470 Å². The lowest BCUT2D eigenvalue weighted by atomic mass is 10.1. The van der Waals surface area contributed by atoms with Gasteiger partial charge in [0, 0.05) is 142 Å². The summed E-state index contributed by atoms with van der Waals surface area (Å²) < 4.78 is 13.3. The molecule has 0 atom stereocenters. The molecule has 12 heterocycles. The number of aromatic nitrogens is 12. The molecule has 0 unspecified atom stereocenters. The fourth-order valence-electron chi connectivity index (χ4n) is 11.8. The van der Waals surface area contributed by atoms with Gasteiger partial charge in [0.25, 0.3) is 11.8 Å². The van der Waals surface area contributed by atoms with E-state index in [1.165, 1.54) is 6.07 Å². The third kappa shape index (κ3) is 9.79. The van der Waals surface area contributed by atoms with E-state index in [1.54, 1.807) is 38.1 Å². The van der Waals surface area contributed by atoms with Crippen LogP contribution in [0.15, 0.2) is 78.4 Å². The number of carbonyl (C=O) groups is 2. The topological polar surface area (TPSA) is 199 Å². The van der Waals surface area contributed by atoms with Gasteiger partial charge in [-0.2, -0.15) is 10.2 Å². The van der Waals surface area contributed by atoms with E-state index < -0.39 is 0 Å². The fourth-order valence-corrected chi connectivity index (χ4v) is 11.8. The summed E-state index contributed by atoms with van der Waals surface area (Å²) in [5, 5.41) is 13.4. The first-order valence-corrected chi connectivity index (χ1v) is 27.9. The van der Waals surface area contributed by atoms with Crippen LogP contribution in [-0.2, 0) is 26.9 Å². The molecule has 2 fully saturated rings. The van der Waals surface area contributed by atoms with Crippen molar-refractivity contribution in [3.8, 4) is 39.9 Å². The van der Waals surface area contributed by atoms with Gasteiger partial charge in [0.1, 0.15) is 17.1 Å². The summed E-state index contributed by atoms with van der Waals surface area (Å²) in [6, 6.07) is 11.3. The molecule has 2 saturated heterocycles. The number of fused-ring (bicyclic) bond motifs is 4. The van der Waals surface area contributed by atoms with Crippen molar-refractivity contribution in [2.45, 2.75) is 67.2 Å². The van der Waals surface area contributed by atoms with Crippen LogP contribution in [0.3, 0.4) is 0 Å². The Morgan fingerprint density at radius 3 is 1.51 bits per heavy atom. The highest BCUT2D eigenvalue weighted by atomic mass is 16.5. The van der Waals surface area contributed by atoms with Crippen molar-refractivity contribution in [2.75, 3.05) is 73.6 Å². The molecule has 1 N–H and O–H groups in total. The maximum atomic E-state index is 13.8. The number of pyridine rings is 6. The SMILES string of the molecule is CCCc1nc(-n2ncc3c(C)nc(-c4c[nH]ccc4=O)cc32)cc2c1c(C)c(C(=O)N1CCN(C)CC1)n2C.CCCc1nc(-n2ncc3c(C)nc(-c4cnccc4OC)cc32)cc2c1c(C)c(C(=O)N1CCN(C)CC1)n2C. The summed E-state index contributed by atoms with van der Waals surface area (Å²) in [4.78, 5) is 75.5. The molecule has 20 heteroatoms. The Morgan fingerprint density at radius 1 is 0.593 bits per heavy atom. The van der Waals surface area contributed by atoms with Crippen LogP contribution in [0, 0.1) is 27.7 Å². The second-order valence-electron chi connectivity index (χ2n) is 21.6. The average molecular weight is 1090 g/mol. The number of hydrogen-bond acceptors (Lipinski definition) is 13. The third-order valence-electron chi connectivity index (χ3n) is 16.3. The quantitative estimate of drug-likeness (QED) is 0.131. The predicted octanol–water partition coefficient (Wildman–Crippen LogP) is 7.95. The van der Waals surface area contributed by atoms with Crippen molar-refractivity contribution in [1.29, 1.82) is 0 Å². The van der Waals surface area contributed by atoms with Crippen LogP contribution < -0.4 is 10.2 Å². The van der Waals surface area contributed by atoms with Gasteiger partial charge in [0.15, 0.2) is 17.1 Å². The van der Waals surface area contributed by atoms with E-state index in [4.69, 9.17) is 34.9 Å². The van der Waals surface area contributed by atoms with E-state index in [0.717, 1.165) is 173 Å². The monoisotopic (exact) mass is 1090 g/mol. The first-order valence-electron chi connectivity index (χ1n) is 27.9. The summed E-state index contributed by atoms with van der Waals surface area (Å²) in [7, 11) is 9.78. The standard InChI is InChI=1S/C31H36N8O2.C30H34N8O2/c1-7-8-23-29-19(2)30(31(40)38-13-11-36(4)12-14-38)37(5)26(29)16-28(35-23)39-25-15-24(34-20(3)21(25)18-33-39)22-17-32-10-9-27(22)41-6;1-6-7-22-28-18(2)29(30(40)37-12-10-35(4)11-13-37)36(5)25(28)15-27(34-22)38-24-14-23(21-16-31-9-8-26(21)39)33-19(3)20(24)17-32-38/h9-10,15-18H,7-8,11-14H2,1-6H3;8-9,14-17H,6-7,10-13H2,1-5H3,(H,31,39). The van der Waals surface area contributed by atoms with Crippen molar-refractivity contribution < 1.29 is 14.3 Å². The third-order valence-corrected chi connectivity index (χ3v) is 16.3. The van der Waals surface area contributed by atoms with Gasteiger partial charge in [-0.1, -0.05) is 26.7 Å². The Morgan fingerprint density at radius 2 is 1.06 bits per heavy atom. The van der Waals surface area contributed by atoms with Gasteiger partial charge in [-0.05, 0) is 84.0 Å². The maximum Gasteiger partial charge on any atom is 0.270 e. The molecule has 2 amide bonds. The normalized spacial score (nSPS) is 14.4. The number of hydrogen-bond donors (Lipinski definition) is 1. The Hall–Kier alpha value is -8.62. The molecule has 20 nitrogen and oxygen atoms in total. The van der Waals surface area contributed by atoms with Crippen LogP contribution in [0.4, 0.5) is 0 Å². The molecule has 10 aromatic rings. The molecule has 418 valence electrons. The molecule has 10 aromatic heterocycles. The molecule has 0 bridgehead atoms.